The monoisotopic (exact) mass is 263 g/mol. The van der Waals surface area contributed by atoms with Crippen molar-refractivity contribution in [2.45, 2.75) is 39.7 Å². The molecule has 106 valence electrons. The van der Waals surface area contributed by atoms with E-state index in [1.807, 2.05) is 0 Å². The van der Waals surface area contributed by atoms with Crippen molar-refractivity contribution in [2.24, 2.45) is 0 Å². The number of benzene rings is 1. The lowest BCUT2D eigenvalue weighted by atomic mass is 10.1. The van der Waals surface area contributed by atoms with Gasteiger partial charge in [-0.3, -0.25) is 0 Å². The molecule has 1 atom stereocenters. The Morgan fingerprint density at radius 3 is 2.32 bits per heavy atom. The molecule has 1 aliphatic heterocycles. The Labute approximate surface area is 116 Å². The first-order valence-corrected chi connectivity index (χ1v) is 7.17. The average molecular weight is 263 g/mol. The molecule has 2 rings (SSSR count). The molecular weight excluding hydrogens is 238 g/mol. The molecule has 1 fully saturated rings. The van der Waals surface area contributed by atoms with Gasteiger partial charge in [0.05, 0.1) is 0 Å². The molecule has 0 radical (unpaired) electrons. The van der Waals surface area contributed by atoms with Crippen LogP contribution in [0.1, 0.15) is 29.5 Å². The molecule has 0 saturated carbocycles. The highest BCUT2D eigenvalue weighted by molar-refractivity contribution is 5.42. The highest BCUT2D eigenvalue weighted by Crippen LogP contribution is 2.24. The summed E-state index contributed by atoms with van der Waals surface area (Å²) in [5.41, 5.74) is 3.54. The largest absolute Gasteiger partial charge is 0.490 e. The number of ether oxygens (including phenoxy) is 1. The second-order valence-electron chi connectivity index (χ2n) is 5.70. The van der Waals surface area contributed by atoms with Crippen LogP contribution in [0.3, 0.4) is 0 Å². The van der Waals surface area contributed by atoms with Gasteiger partial charge in [-0.2, -0.15) is 0 Å². The fourth-order valence-corrected chi connectivity index (χ4v) is 2.89. The van der Waals surface area contributed by atoms with Crippen molar-refractivity contribution < 1.29 is 9.84 Å². The summed E-state index contributed by atoms with van der Waals surface area (Å²) < 4.78 is 5.82. The highest BCUT2D eigenvalue weighted by atomic mass is 16.5. The molecule has 3 nitrogen and oxygen atoms in total. The van der Waals surface area contributed by atoms with Gasteiger partial charge in [0.15, 0.2) is 0 Å². The summed E-state index contributed by atoms with van der Waals surface area (Å²) in [6, 6.07) is 4.24. The summed E-state index contributed by atoms with van der Waals surface area (Å²) in [4.78, 5) is 2.31. The quantitative estimate of drug-likeness (QED) is 0.885. The summed E-state index contributed by atoms with van der Waals surface area (Å²) >= 11 is 0. The van der Waals surface area contributed by atoms with Crippen molar-refractivity contribution in [1.82, 2.24) is 4.90 Å². The van der Waals surface area contributed by atoms with Crippen LogP contribution in [0.2, 0.25) is 0 Å². The lowest BCUT2D eigenvalue weighted by Gasteiger charge is -2.20. The molecule has 0 unspecified atom stereocenters. The summed E-state index contributed by atoms with van der Waals surface area (Å²) in [6.07, 6.45) is 2.10. The van der Waals surface area contributed by atoms with Gasteiger partial charge in [0.2, 0.25) is 0 Å². The summed E-state index contributed by atoms with van der Waals surface area (Å²) in [7, 11) is 0. The van der Waals surface area contributed by atoms with Crippen molar-refractivity contribution in [3.8, 4) is 5.75 Å². The first-order valence-electron chi connectivity index (χ1n) is 7.17. The molecule has 19 heavy (non-hydrogen) atoms. The fourth-order valence-electron chi connectivity index (χ4n) is 2.89. The smallest absolute Gasteiger partial charge is 0.125 e. The van der Waals surface area contributed by atoms with E-state index in [9.17, 15) is 5.11 Å². The predicted molar refractivity (Wildman–Crippen MR) is 77.8 cm³/mol. The number of hydrogen-bond donors (Lipinski definition) is 1. The Balaban J connectivity index is 1.87. The van der Waals surface area contributed by atoms with Gasteiger partial charge in [-0.25, -0.2) is 0 Å². The third-order valence-electron chi connectivity index (χ3n) is 3.69. The van der Waals surface area contributed by atoms with Gasteiger partial charge < -0.3 is 14.7 Å². The van der Waals surface area contributed by atoms with E-state index in [0.717, 1.165) is 36.5 Å². The molecular formula is C16H25NO2. The minimum Gasteiger partial charge on any atom is -0.490 e. The zero-order valence-electron chi connectivity index (χ0n) is 12.3. The van der Waals surface area contributed by atoms with Gasteiger partial charge in [0.25, 0.3) is 0 Å². The average Bonchev–Trinajstić information content (AvgIpc) is 2.80. The van der Waals surface area contributed by atoms with Crippen LogP contribution in [-0.2, 0) is 0 Å². The van der Waals surface area contributed by atoms with Crippen LogP contribution >= 0.6 is 0 Å². The van der Waals surface area contributed by atoms with Gasteiger partial charge in [-0.15, -0.1) is 0 Å². The van der Waals surface area contributed by atoms with E-state index in [4.69, 9.17) is 4.74 Å². The highest BCUT2D eigenvalue weighted by Gasteiger charge is 2.16. The molecule has 0 amide bonds. The van der Waals surface area contributed by atoms with Crippen molar-refractivity contribution >= 4 is 0 Å². The number of aryl methyl sites for hydroxylation is 3. The minimum absolute atomic E-state index is 0.376. The van der Waals surface area contributed by atoms with E-state index in [1.54, 1.807) is 0 Å². The van der Waals surface area contributed by atoms with Gasteiger partial charge >= 0.3 is 0 Å². The van der Waals surface area contributed by atoms with Gasteiger partial charge in [0, 0.05) is 6.54 Å². The van der Waals surface area contributed by atoms with E-state index in [2.05, 4.69) is 37.8 Å². The Kier molecular flexibility index (Phi) is 4.83. The van der Waals surface area contributed by atoms with Crippen LogP contribution in [0.15, 0.2) is 12.1 Å². The first kappa shape index (κ1) is 14.4. The molecule has 1 N–H and O–H groups in total. The van der Waals surface area contributed by atoms with Gasteiger partial charge in [-0.05, 0) is 57.8 Å². The zero-order chi connectivity index (χ0) is 13.8. The van der Waals surface area contributed by atoms with Crippen LogP contribution in [0, 0.1) is 20.8 Å². The molecule has 1 heterocycles. The molecule has 0 spiro atoms. The van der Waals surface area contributed by atoms with Crippen molar-refractivity contribution in [2.75, 3.05) is 26.2 Å². The van der Waals surface area contributed by atoms with E-state index < -0.39 is 6.10 Å². The Morgan fingerprint density at radius 2 is 1.74 bits per heavy atom. The summed E-state index contributed by atoms with van der Waals surface area (Å²) in [5.74, 6) is 0.922. The number of rotatable bonds is 5. The number of hydrogen-bond acceptors (Lipinski definition) is 3. The van der Waals surface area contributed by atoms with Crippen LogP contribution in [0.5, 0.6) is 5.75 Å². The summed E-state index contributed by atoms with van der Waals surface area (Å²) in [5, 5.41) is 10.0. The zero-order valence-corrected chi connectivity index (χ0v) is 12.3. The normalized spacial score (nSPS) is 17.7. The molecule has 0 bridgehead atoms. The molecule has 1 aromatic carbocycles. The van der Waals surface area contributed by atoms with E-state index in [-0.39, 0.29) is 0 Å². The van der Waals surface area contributed by atoms with Crippen LogP contribution in [0.4, 0.5) is 0 Å². The maximum absolute atomic E-state index is 10.0. The number of nitrogens with zero attached hydrogens (tertiary/aromatic N) is 1. The van der Waals surface area contributed by atoms with Crippen LogP contribution in [0.25, 0.3) is 0 Å². The molecule has 3 heteroatoms. The standard InChI is InChI=1S/C16H25NO2/c1-12-8-13(2)16(14(3)9-12)19-11-15(18)10-17-6-4-5-7-17/h8-9,15,18H,4-7,10-11H2,1-3H3/t15-/m0/s1. The molecule has 1 saturated heterocycles. The lowest BCUT2D eigenvalue weighted by Crippen LogP contribution is -2.33. The first-order chi connectivity index (χ1) is 9.06. The Bertz CT molecular complexity index is 402. The van der Waals surface area contributed by atoms with Crippen molar-refractivity contribution in [3.05, 3.63) is 28.8 Å². The van der Waals surface area contributed by atoms with E-state index in [0.29, 0.717) is 6.61 Å². The third kappa shape index (κ3) is 3.95. The molecule has 1 aliphatic rings. The minimum atomic E-state index is -0.404. The number of aliphatic hydroxyl groups excluding tert-OH is 1. The molecule has 0 aliphatic carbocycles. The second-order valence-corrected chi connectivity index (χ2v) is 5.70. The maximum atomic E-state index is 10.0. The Morgan fingerprint density at radius 1 is 1.16 bits per heavy atom. The van der Waals surface area contributed by atoms with E-state index in [1.165, 1.54) is 18.4 Å². The Hall–Kier alpha value is -1.06. The fraction of sp³-hybridized carbons (Fsp3) is 0.625. The van der Waals surface area contributed by atoms with Crippen LogP contribution in [-0.4, -0.2) is 42.4 Å². The van der Waals surface area contributed by atoms with Gasteiger partial charge in [-0.1, -0.05) is 17.7 Å². The number of β-amino-alcohol motifs (C(OH)–C–C–N with tert-alkyl or cyclic N) is 1. The van der Waals surface area contributed by atoms with Gasteiger partial charge in [0.1, 0.15) is 18.5 Å². The SMILES string of the molecule is Cc1cc(C)c(OC[C@@H](O)CN2CCCC2)c(C)c1. The van der Waals surface area contributed by atoms with Crippen molar-refractivity contribution in [3.63, 3.8) is 0 Å². The second kappa shape index (κ2) is 6.40. The number of aliphatic hydroxyl groups is 1. The summed E-state index contributed by atoms with van der Waals surface area (Å²) in [6.45, 7) is 9.53. The van der Waals surface area contributed by atoms with E-state index >= 15 is 0 Å². The van der Waals surface area contributed by atoms with Crippen LogP contribution < -0.4 is 4.74 Å². The molecule has 0 aromatic heterocycles. The lowest BCUT2D eigenvalue weighted by molar-refractivity contribution is 0.0753. The van der Waals surface area contributed by atoms with Crippen molar-refractivity contribution in [1.29, 1.82) is 0 Å². The molecule has 1 aromatic rings. The topological polar surface area (TPSA) is 32.7 Å². The third-order valence-corrected chi connectivity index (χ3v) is 3.69. The number of likely N-dealkylation sites (tertiary alicyclic amines) is 1. The predicted octanol–water partition coefficient (Wildman–Crippen LogP) is 2.45. The maximum Gasteiger partial charge on any atom is 0.125 e.